The van der Waals surface area contributed by atoms with Crippen LogP contribution < -0.4 is 0 Å². The molecule has 1 aromatic carbocycles. The number of aromatic nitrogens is 5. The van der Waals surface area contributed by atoms with Crippen LogP contribution in [0, 0.1) is 12.8 Å². The van der Waals surface area contributed by atoms with Gasteiger partial charge in [0.05, 0.1) is 5.41 Å². The second-order valence-corrected chi connectivity index (χ2v) is 9.19. The molecule has 0 atom stereocenters. The first-order valence-corrected chi connectivity index (χ1v) is 10.8. The Morgan fingerprint density at radius 2 is 2.00 bits per heavy atom. The van der Waals surface area contributed by atoms with Crippen LogP contribution >= 0.6 is 0 Å². The van der Waals surface area contributed by atoms with Crippen LogP contribution in [0.4, 0.5) is 0 Å². The van der Waals surface area contributed by atoms with Crippen LogP contribution in [-0.2, 0) is 18.9 Å². The van der Waals surface area contributed by atoms with E-state index in [4.69, 9.17) is 0 Å². The second-order valence-electron chi connectivity index (χ2n) is 9.19. The molecular formula is C24H27N5O. The minimum absolute atomic E-state index is 0.0502. The lowest BCUT2D eigenvalue weighted by Crippen LogP contribution is -2.43. The Bertz CT molecular complexity index is 1110. The van der Waals surface area contributed by atoms with E-state index in [1.165, 1.54) is 5.56 Å². The van der Waals surface area contributed by atoms with E-state index >= 15 is 0 Å². The highest BCUT2D eigenvalue weighted by molar-refractivity contribution is 5.95. The fourth-order valence-corrected chi connectivity index (χ4v) is 4.91. The predicted molar refractivity (Wildman–Crippen MR) is 113 cm³/mol. The van der Waals surface area contributed by atoms with Crippen LogP contribution in [0.3, 0.4) is 0 Å². The molecule has 2 fully saturated rings. The lowest BCUT2D eigenvalue weighted by molar-refractivity contribution is 0.0987. The van der Waals surface area contributed by atoms with Crippen molar-refractivity contribution in [3.63, 3.8) is 0 Å². The molecule has 0 N–H and O–H groups in total. The first-order chi connectivity index (χ1) is 14.4. The van der Waals surface area contributed by atoms with Gasteiger partial charge < -0.3 is 4.57 Å². The number of ketones is 1. The lowest BCUT2D eigenvalue weighted by atomic mass is 9.58. The average Bonchev–Trinajstić information content (AvgIpc) is 3.46. The van der Waals surface area contributed by atoms with Gasteiger partial charge in [0.2, 0.25) is 0 Å². The Balaban J connectivity index is 1.43. The number of nitrogens with zero attached hydrogens (tertiary/aromatic N) is 5. The summed E-state index contributed by atoms with van der Waals surface area (Å²) in [6.45, 7) is 4.21. The first-order valence-electron chi connectivity index (χ1n) is 10.8. The average molecular weight is 402 g/mol. The molecule has 2 aliphatic carbocycles. The van der Waals surface area contributed by atoms with Crippen LogP contribution in [0.15, 0.2) is 36.7 Å². The molecule has 30 heavy (non-hydrogen) atoms. The molecule has 5 rings (SSSR count). The van der Waals surface area contributed by atoms with Gasteiger partial charge in [-0.25, -0.2) is 9.97 Å². The van der Waals surface area contributed by atoms with Crippen molar-refractivity contribution in [3.8, 4) is 0 Å². The van der Waals surface area contributed by atoms with Gasteiger partial charge in [0.25, 0.3) is 0 Å². The SMILES string of the molecule is Cc1cc(C(=O)Cc2cccc(C3(c4nncn4C)CC(C)C3)c2)nc(C2CC2)n1. The normalized spacial score (nSPS) is 23.2. The number of aryl methyl sites for hydroxylation is 2. The Hall–Kier alpha value is -2.89. The van der Waals surface area contributed by atoms with Gasteiger partial charge in [-0.05, 0) is 55.7 Å². The van der Waals surface area contributed by atoms with Crippen LogP contribution in [0.25, 0.3) is 0 Å². The summed E-state index contributed by atoms with van der Waals surface area (Å²) in [5.41, 5.74) is 3.53. The smallest absolute Gasteiger partial charge is 0.185 e. The Morgan fingerprint density at radius 1 is 1.20 bits per heavy atom. The van der Waals surface area contributed by atoms with E-state index < -0.39 is 0 Å². The van der Waals surface area contributed by atoms with E-state index in [1.807, 2.05) is 30.7 Å². The molecule has 6 heteroatoms. The molecule has 0 aliphatic heterocycles. The van der Waals surface area contributed by atoms with E-state index in [2.05, 4.69) is 45.3 Å². The largest absolute Gasteiger partial charge is 0.320 e. The molecule has 0 radical (unpaired) electrons. The summed E-state index contributed by atoms with van der Waals surface area (Å²) in [6.07, 6.45) is 6.46. The maximum absolute atomic E-state index is 13.0. The summed E-state index contributed by atoms with van der Waals surface area (Å²) < 4.78 is 2.02. The molecule has 6 nitrogen and oxygen atoms in total. The summed E-state index contributed by atoms with van der Waals surface area (Å²) in [4.78, 5) is 22.1. The maximum atomic E-state index is 13.0. The third-order valence-electron chi connectivity index (χ3n) is 6.48. The molecule has 0 spiro atoms. The van der Waals surface area contributed by atoms with E-state index in [9.17, 15) is 4.79 Å². The Morgan fingerprint density at radius 3 is 2.67 bits per heavy atom. The molecule has 2 aromatic heterocycles. The number of Topliss-reactive ketones (excluding diaryl/α,β-unsaturated/α-hetero) is 1. The van der Waals surface area contributed by atoms with Gasteiger partial charge in [-0.1, -0.05) is 31.2 Å². The molecule has 154 valence electrons. The van der Waals surface area contributed by atoms with Gasteiger partial charge in [-0.3, -0.25) is 4.79 Å². The third kappa shape index (κ3) is 3.34. The van der Waals surface area contributed by atoms with Crippen molar-refractivity contribution >= 4 is 5.78 Å². The third-order valence-corrected chi connectivity index (χ3v) is 6.48. The summed E-state index contributed by atoms with van der Waals surface area (Å²) in [5.74, 6) is 2.97. The van der Waals surface area contributed by atoms with E-state index in [1.54, 1.807) is 6.33 Å². The zero-order valence-corrected chi connectivity index (χ0v) is 17.8. The minimum Gasteiger partial charge on any atom is -0.320 e. The summed E-state index contributed by atoms with van der Waals surface area (Å²) in [7, 11) is 2.00. The maximum Gasteiger partial charge on any atom is 0.185 e. The Labute approximate surface area is 176 Å². The molecule has 0 unspecified atom stereocenters. The van der Waals surface area contributed by atoms with Gasteiger partial charge in [0, 0.05) is 25.1 Å². The van der Waals surface area contributed by atoms with Gasteiger partial charge in [0.1, 0.15) is 23.7 Å². The quantitative estimate of drug-likeness (QED) is 0.585. The monoisotopic (exact) mass is 401 g/mol. The van der Waals surface area contributed by atoms with Crippen LogP contribution in [0.1, 0.15) is 77.5 Å². The molecule has 3 aromatic rings. The molecule has 2 saturated carbocycles. The fourth-order valence-electron chi connectivity index (χ4n) is 4.91. The van der Waals surface area contributed by atoms with Crippen molar-refractivity contribution in [2.24, 2.45) is 13.0 Å². The van der Waals surface area contributed by atoms with Crippen molar-refractivity contribution in [2.75, 3.05) is 0 Å². The van der Waals surface area contributed by atoms with Crippen molar-refractivity contribution < 1.29 is 4.79 Å². The topological polar surface area (TPSA) is 73.6 Å². The van der Waals surface area contributed by atoms with Crippen molar-refractivity contribution in [3.05, 3.63) is 70.8 Å². The molecule has 0 bridgehead atoms. The van der Waals surface area contributed by atoms with E-state index in [0.717, 1.165) is 48.6 Å². The molecule has 2 aliphatic rings. The molecule has 0 amide bonds. The number of hydrogen-bond donors (Lipinski definition) is 0. The van der Waals surface area contributed by atoms with Crippen LogP contribution in [0.2, 0.25) is 0 Å². The molecular weight excluding hydrogens is 374 g/mol. The zero-order valence-electron chi connectivity index (χ0n) is 17.8. The lowest BCUT2D eigenvalue weighted by Gasteiger charge is -2.46. The van der Waals surface area contributed by atoms with Gasteiger partial charge in [-0.2, -0.15) is 0 Å². The number of benzene rings is 1. The summed E-state index contributed by atoms with van der Waals surface area (Å²) >= 11 is 0. The summed E-state index contributed by atoms with van der Waals surface area (Å²) in [6, 6.07) is 10.2. The highest BCUT2D eigenvalue weighted by Crippen LogP contribution is 2.51. The highest BCUT2D eigenvalue weighted by Gasteiger charge is 2.48. The first kappa shape index (κ1) is 19.1. The summed E-state index contributed by atoms with van der Waals surface area (Å²) in [5, 5.41) is 8.54. The van der Waals surface area contributed by atoms with Crippen molar-refractivity contribution in [2.45, 2.75) is 57.3 Å². The minimum atomic E-state index is -0.117. The Kier molecular flexibility index (Phi) is 4.53. The van der Waals surface area contributed by atoms with Crippen molar-refractivity contribution in [1.82, 2.24) is 24.7 Å². The fraction of sp³-hybridized carbons (Fsp3) is 0.458. The van der Waals surface area contributed by atoms with E-state index in [0.29, 0.717) is 24.0 Å². The predicted octanol–water partition coefficient (Wildman–Crippen LogP) is 3.93. The number of carbonyl (C=O) groups excluding carboxylic acids is 1. The highest BCUT2D eigenvalue weighted by atomic mass is 16.1. The van der Waals surface area contributed by atoms with E-state index in [-0.39, 0.29) is 11.2 Å². The van der Waals surface area contributed by atoms with Crippen LogP contribution in [-0.4, -0.2) is 30.5 Å². The van der Waals surface area contributed by atoms with Crippen LogP contribution in [0.5, 0.6) is 0 Å². The zero-order chi connectivity index (χ0) is 20.9. The standard InChI is InChI=1S/C24H27N5O/c1-15-12-24(13-15,23-28-25-14-29(23)3)19-6-4-5-17(10-19)11-21(30)20-9-16(2)26-22(27-20)18-7-8-18/h4-6,9-10,14-15,18H,7-8,11-13H2,1-3H3. The van der Waals surface area contributed by atoms with Gasteiger partial charge >= 0.3 is 0 Å². The van der Waals surface area contributed by atoms with Crippen molar-refractivity contribution in [1.29, 1.82) is 0 Å². The number of rotatable bonds is 6. The molecule has 0 saturated heterocycles. The molecule has 2 heterocycles. The van der Waals surface area contributed by atoms with Gasteiger partial charge in [-0.15, -0.1) is 10.2 Å². The van der Waals surface area contributed by atoms with Gasteiger partial charge in [0.15, 0.2) is 5.78 Å². The number of carbonyl (C=O) groups is 1. The number of hydrogen-bond acceptors (Lipinski definition) is 5. The second kappa shape index (κ2) is 7.11.